The fourth-order valence-corrected chi connectivity index (χ4v) is 2.48. The van der Waals surface area contributed by atoms with E-state index in [0.717, 1.165) is 18.8 Å². The number of nitriles is 1. The summed E-state index contributed by atoms with van der Waals surface area (Å²) in [6.45, 7) is 2.47. The highest BCUT2D eigenvalue weighted by molar-refractivity contribution is 7.09. The van der Waals surface area contributed by atoms with Crippen LogP contribution in [-0.4, -0.2) is 25.1 Å². The standard InChI is InChI=1S/C15H16N2OS/c1-17(12-15-3-2-10-19-15)8-9-18-14-6-4-13(11-16)5-7-14/h2-7,10H,8-9,12H2,1H3. The quantitative estimate of drug-likeness (QED) is 0.810. The van der Waals surface area contributed by atoms with Crippen LogP contribution in [0, 0.1) is 11.3 Å². The Labute approximate surface area is 117 Å². The Hall–Kier alpha value is -1.83. The van der Waals surface area contributed by atoms with Gasteiger partial charge in [-0.25, -0.2) is 0 Å². The molecule has 98 valence electrons. The number of thiophene rings is 1. The summed E-state index contributed by atoms with van der Waals surface area (Å²) in [6.07, 6.45) is 0. The minimum absolute atomic E-state index is 0.647. The molecule has 19 heavy (non-hydrogen) atoms. The molecular formula is C15H16N2OS. The topological polar surface area (TPSA) is 36.3 Å². The van der Waals surface area contributed by atoms with E-state index in [1.165, 1.54) is 4.88 Å². The van der Waals surface area contributed by atoms with E-state index in [4.69, 9.17) is 10.00 Å². The largest absolute Gasteiger partial charge is 0.492 e. The van der Waals surface area contributed by atoms with Gasteiger partial charge in [0.2, 0.25) is 0 Å². The Morgan fingerprint density at radius 2 is 2.05 bits per heavy atom. The van der Waals surface area contributed by atoms with Crippen molar-refractivity contribution < 1.29 is 4.74 Å². The lowest BCUT2D eigenvalue weighted by Crippen LogP contribution is -2.23. The number of likely N-dealkylation sites (N-methyl/N-ethyl adjacent to an activating group) is 1. The number of hydrogen-bond donors (Lipinski definition) is 0. The van der Waals surface area contributed by atoms with E-state index in [2.05, 4.69) is 35.5 Å². The Bertz CT molecular complexity index is 528. The summed E-state index contributed by atoms with van der Waals surface area (Å²) in [5.41, 5.74) is 0.655. The van der Waals surface area contributed by atoms with Gasteiger partial charge < -0.3 is 4.74 Å². The van der Waals surface area contributed by atoms with Crippen molar-refractivity contribution in [1.29, 1.82) is 5.26 Å². The first-order valence-electron chi connectivity index (χ1n) is 6.12. The molecule has 0 N–H and O–H groups in total. The Morgan fingerprint density at radius 1 is 1.26 bits per heavy atom. The number of benzene rings is 1. The second kappa shape index (κ2) is 6.93. The number of rotatable bonds is 6. The molecule has 0 spiro atoms. The Balaban J connectivity index is 1.72. The number of nitrogens with zero attached hydrogens (tertiary/aromatic N) is 2. The van der Waals surface area contributed by atoms with Gasteiger partial charge in [0.25, 0.3) is 0 Å². The third-order valence-corrected chi connectivity index (χ3v) is 3.59. The highest BCUT2D eigenvalue weighted by Gasteiger charge is 2.01. The van der Waals surface area contributed by atoms with Gasteiger partial charge >= 0.3 is 0 Å². The summed E-state index contributed by atoms with van der Waals surface area (Å²) in [7, 11) is 2.09. The van der Waals surface area contributed by atoms with Crippen molar-refractivity contribution in [3.05, 3.63) is 52.2 Å². The second-order valence-corrected chi connectivity index (χ2v) is 5.33. The first kappa shape index (κ1) is 13.6. The van der Waals surface area contributed by atoms with Crippen molar-refractivity contribution in [2.75, 3.05) is 20.2 Å². The molecule has 0 saturated carbocycles. The minimum atomic E-state index is 0.647. The number of hydrogen-bond acceptors (Lipinski definition) is 4. The molecule has 0 aliphatic carbocycles. The molecule has 0 bridgehead atoms. The molecular weight excluding hydrogens is 256 g/mol. The maximum atomic E-state index is 8.70. The summed E-state index contributed by atoms with van der Waals surface area (Å²) in [5, 5.41) is 10.8. The van der Waals surface area contributed by atoms with Crippen molar-refractivity contribution in [2.45, 2.75) is 6.54 Å². The van der Waals surface area contributed by atoms with Crippen LogP contribution in [0.2, 0.25) is 0 Å². The van der Waals surface area contributed by atoms with E-state index in [9.17, 15) is 0 Å². The van der Waals surface area contributed by atoms with Crippen LogP contribution in [0.5, 0.6) is 5.75 Å². The van der Waals surface area contributed by atoms with Crippen LogP contribution in [0.3, 0.4) is 0 Å². The monoisotopic (exact) mass is 272 g/mol. The van der Waals surface area contributed by atoms with Gasteiger partial charge in [-0.1, -0.05) is 6.07 Å². The molecule has 0 amide bonds. The average molecular weight is 272 g/mol. The molecule has 2 rings (SSSR count). The zero-order valence-electron chi connectivity index (χ0n) is 10.9. The van der Waals surface area contributed by atoms with Crippen molar-refractivity contribution in [3.63, 3.8) is 0 Å². The lowest BCUT2D eigenvalue weighted by atomic mass is 10.2. The van der Waals surface area contributed by atoms with E-state index >= 15 is 0 Å². The maximum Gasteiger partial charge on any atom is 0.119 e. The SMILES string of the molecule is CN(CCOc1ccc(C#N)cc1)Cc1cccs1. The molecule has 4 heteroatoms. The maximum absolute atomic E-state index is 8.70. The zero-order chi connectivity index (χ0) is 13.5. The summed E-state index contributed by atoms with van der Waals surface area (Å²) >= 11 is 1.77. The van der Waals surface area contributed by atoms with Crippen LogP contribution in [-0.2, 0) is 6.54 Å². The Morgan fingerprint density at radius 3 is 2.68 bits per heavy atom. The average Bonchev–Trinajstić information content (AvgIpc) is 2.92. The molecule has 3 nitrogen and oxygen atoms in total. The zero-order valence-corrected chi connectivity index (χ0v) is 11.7. The molecule has 0 unspecified atom stereocenters. The molecule has 1 aromatic carbocycles. The van der Waals surface area contributed by atoms with E-state index in [1.807, 2.05) is 12.1 Å². The van der Waals surface area contributed by atoms with Crippen LogP contribution >= 0.6 is 11.3 Å². The van der Waals surface area contributed by atoms with Crippen LogP contribution in [0.4, 0.5) is 0 Å². The fourth-order valence-electron chi connectivity index (χ4n) is 1.69. The smallest absolute Gasteiger partial charge is 0.119 e. The lowest BCUT2D eigenvalue weighted by molar-refractivity contribution is 0.234. The van der Waals surface area contributed by atoms with E-state index in [1.54, 1.807) is 23.5 Å². The van der Waals surface area contributed by atoms with Gasteiger partial charge in [-0.05, 0) is 42.8 Å². The van der Waals surface area contributed by atoms with Crippen LogP contribution in [0.25, 0.3) is 0 Å². The van der Waals surface area contributed by atoms with Crippen molar-refractivity contribution in [1.82, 2.24) is 4.90 Å². The summed E-state index contributed by atoms with van der Waals surface area (Å²) in [4.78, 5) is 3.59. The van der Waals surface area contributed by atoms with Gasteiger partial charge in [-0.15, -0.1) is 11.3 Å². The summed E-state index contributed by atoms with van der Waals surface area (Å²) < 4.78 is 5.65. The normalized spacial score (nSPS) is 10.4. The predicted molar refractivity (Wildman–Crippen MR) is 77.3 cm³/mol. The van der Waals surface area contributed by atoms with Gasteiger partial charge in [-0.2, -0.15) is 5.26 Å². The fraction of sp³-hybridized carbons (Fsp3) is 0.267. The molecule has 0 aliphatic heterocycles. The summed E-state index contributed by atoms with van der Waals surface area (Å²) in [6, 6.07) is 13.5. The molecule has 0 fully saturated rings. The van der Waals surface area contributed by atoms with E-state index < -0.39 is 0 Å². The van der Waals surface area contributed by atoms with Crippen molar-refractivity contribution in [2.24, 2.45) is 0 Å². The molecule has 1 heterocycles. The summed E-state index contributed by atoms with van der Waals surface area (Å²) in [5.74, 6) is 0.809. The third-order valence-electron chi connectivity index (χ3n) is 2.73. The van der Waals surface area contributed by atoms with Gasteiger partial charge in [0, 0.05) is 18.0 Å². The van der Waals surface area contributed by atoms with Crippen molar-refractivity contribution >= 4 is 11.3 Å². The van der Waals surface area contributed by atoms with Gasteiger partial charge in [0.15, 0.2) is 0 Å². The molecule has 0 radical (unpaired) electrons. The predicted octanol–water partition coefficient (Wildman–Crippen LogP) is 3.13. The van der Waals surface area contributed by atoms with Gasteiger partial charge in [0.1, 0.15) is 12.4 Å². The third kappa shape index (κ3) is 4.40. The van der Waals surface area contributed by atoms with Crippen LogP contribution in [0.1, 0.15) is 10.4 Å². The first-order chi connectivity index (χ1) is 9.28. The number of ether oxygens (including phenoxy) is 1. The highest BCUT2D eigenvalue weighted by Crippen LogP contribution is 2.12. The molecule has 0 saturated heterocycles. The van der Waals surface area contributed by atoms with E-state index in [-0.39, 0.29) is 0 Å². The van der Waals surface area contributed by atoms with Crippen LogP contribution in [0.15, 0.2) is 41.8 Å². The Kier molecular flexibility index (Phi) is 4.96. The molecule has 2 aromatic rings. The molecule has 1 aromatic heterocycles. The van der Waals surface area contributed by atoms with E-state index in [0.29, 0.717) is 12.2 Å². The first-order valence-corrected chi connectivity index (χ1v) is 7.00. The molecule has 0 atom stereocenters. The van der Waals surface area contributed by atoms with Gasteiger partial charge in [0.05, 0.1) is 11.6 Å². The van der Waals surface area contributed by atoms with Gasteiger partial charge in [-0.3, -0.25) is 4.90 Å². The van der Waals surface area contributed by atoms with Crippen LogP contribution < -0.4 is 4.74 Å². The van der Waals surface area contributed by atoms with Crippen molar-refractivity contribution in [3.8, 4) is 11.8 Å². The lowest BCUT2D eigenvalue weighted by Gasteiger charge is -2.16. The molecule has 0 aliphatic rings. The highest BCUT2D eigenvalue weighted by atomic mass is 32.1. The second-order valence-electron chi connectivity index (χ2n) is 4.30. The minimum Gasteiger partial charge on any atom is -0.492 e.